The number of aromatic nitrogens is 2. The summed E-state index contributed by atoms with van der Waals surface area (Å²) < 4.78 is 2.05. The molecule has 2 aromatic rings. The van der Waals surface area contributed by atoms with E-state index < -0.39 is 6.10 Å². The van der Waals surface area contributed by atoms with Crippen molar-refractivity contribution in [2.24, 2.45) is 0 Å². The number of hydrogen-bond donors (Lipinski definition) is 1. The Morgan fingerprint density at radius 2 is 2.24 bits per heavy atom. The molecule has 0 amide bonds. The highest BCUT2D eigenvalue weighted by molar-refractivity contribution is 5.24. The van der Waals surface area contributed by atoms with Crippen LogP contribution in [0, 0.1) is 6.92 Å². The Hall–Kier alpha value is -1.61. The number of nitrogens with zero attached hydrogens (tertiary/aromatic N) is 2. The molecule has 1 unspecified atom stereocenters. The highest BCUT2D eigenvalue weighted by Crippen LogP contribution is 2.18. The molecule has 2 rings (SSSR count). The van der Waals surface area contributed by atoms with Gasteiger partial charge < -0.3 is 9.67 Å². The zero-order chi connectivity index (χ0) is 12.3. The predicted molar refractivity (Wildman–Crippen MR) is 67.7 cm³/mol. The van der Waals surface area contributed by atoms with Gasteiger partial charge in [0, 0.05) is 25.4 Å². The first-order chi connectivity index (χ1) is 8.20. The fraction of sp³-hybridized carbons (Fsp3) is 0.357. The number of rotatable bonds is 4. The molecular weight excluding hydrogens is 212 g/mol. The van der Waals surface area contributed by atoms with E-state index in [1.165, 1.54) is 5.56 Å². The van der Waals surface area contributed by atoms with Gasteiger partial charge in [0.05, 0.1) is 6.10 Å². The second kappa shape index (κ2) is 5.15. The minimum absolute atomic E-state index is 0.484. The Balaban J connectivity index is 2.14. The summed E-state index contributed by atoms with van der Waals surface area (Å²) in [6.07, 6.45) is 3.80. The van der Waals surface area contributed by atoms with Gasteiger partial charge in [-0.3, -0.25) is 0 Å². The molecular formula is C14H18N2O. The first kappa shape index (κ1) is 11.9. The van der Waals surface area contributed by atoms with E-state index in [1.54, 1.807) is 6.20 Å². The SMILES string of the molecule is CCn1ccnc1CC(O)c1cccc(C)c1. The molecule has 0 aliphatic heterocycles. The maximum absolute atomic E-state index is 10.2. The average molecular weight is 230 g/mol. The maximum atomic E-state index is 10.2. The number of imidazole rings is 1. The smallest absolute Gasteiger partial charge is 0.111 e. The van der Waals surface area contributed by atoms with Crippen molar-refractivity contribution in [3.63, 3.8) is 0 Å². The molecule has 0 bridgehead atoms. The summed E-state index contributed by atoms with van der Waals surface area (Å²) in [5.41, 5.74) is 2.12. The lowest BCUT2D eigenvalue weighted by Gasteiger charge is -2.12. The van der Waals surface area contributed by atoms with E-state index in [1.807, 2.05) is 37.4 Å². The molecule has 90 valence electrons. The number of aliphatic hydroxyl groups is 1. The third-order valence-electron chi connectivity index (χ3n) is 2.95. The lowest BCUT2D eigenvalue weighted by Crippen LogP contribution is -2.08. The van der Waals surface area contributed by atoms with Crippen LogP contribution in [-0.2, 0) is 13.0 Å². The van der Waals surface area contributed by atoms with Gasteiger partial charge in [0.1, 0.15) is 5.82 Å². The minimum Gasteiger partial charge on any atom is -0.388 e. The minimum atomic E-state index is -0.484. The maximum Gasteiger partial charge on any atom is 0.111 e. The summed E-state index contributed by atoms with van der Waals surface area (Å²) in [4.78, 5) is 4.28. The predicted octanol–water partition coefficient (Wildman–Crippen LogP) is 2.49. The average Bonchev–Trinajstić information content (AvgIpc) is 2.76. The Labute approximate surface area is 102 Å². The standard InChI is InChI=1S/C14H18N2O/c1-3-16-8-7-15-14(16)10-13(17)12-6-4-5-11(2)9-12/h4-9,13,17H,3,10H2,1-2H3. The molecule has 0 fully saturated rings. The zero-order valence-electron chi connectivity index (χ0n) is 10.3. The largest absolute Gasteiger partial charge is 0.388 e. The summed E-state index contributed by atoms with van der Waals surface area (Å²) >= 11 is 0. The molecule has 0 saturated carbocycles. The van der Waals surface area contributed by atoms with Gasteiger partial charge in [0.15, 0.2) is 0 Å². The number of hydrogen-bond acceptors (Lipinski definition) is 2. The molecule has 3 heteroatoms. The van der Waals surface area contributed by atoms with Gasteiger partial charge in [0.2, 0.25) is 0 Å². The van der Waals surface area contributed by atoms with Crippen molar-refractivity contribution in [2.75, 3.05) is 0 Å². The lowest BCUT2D eigenvalue weighted by atomic mass is 10.0. The third kappa shape index (κ3) is 2.74. The Morgan fingerprint density at radius 3 is 2.94 bits per heavy atom. The summed E-state index contributed by atoms with van der Waals surface area (Å²) in [6, 6.07) is 7.98. The fourth-order valence-electron chi connectivity index (χ4n) is 1.99. The van der Waals surface area contributed by atoms with Gasteiger partial charge in [-0.05, 0) is 19.4 Å². The van der Waals surface area contributed by atoms with Crippen molar-refractivity contribution in [2.45, 2.75) is 32.9 Å². The molecule has 1 aromatic heterocycles. The molecule has 0 radical (unpaired) electrons. The van der Waals surface area contributed by atoms with Crippen molar-refractivity contribution in [3.8, 4) is 0 Å². The number of aryl methyl sites for hydroxylation is 2. The summed E-state index contributed by atoms with van der Waals surface area (Å²) in [5, 5.41) is 10.2. The van der Waals surface area contributed by atoms with Crippen LogP contribution in [0.4, 0.5) is 0 Å². The van der Waals surface area contributed by atoms with Gasteiger partial charge >= 0.3 is 0 Å². The van der Waals surface area contributed by atoms with Gasteiger partial charge in [-0.25, -0.2) is 4.98 Å². The first-order valence-corrected chi connectivity index (χ1v) is 5.95. The molecule has 1 atom stereocenters. The second-order valence-electron chi connectivity index (χ2n) is 4.26. The summed E-state index contributed by atoms with van der Waals surface area (Å²) in [6.45, 7) is 4.99. The molecule has 1 N–H and O–H groups in total. The highest BCUT2D eigenvalue weighted by Gasteiger charge is 2.11. The Bertz CT molecular complexity index is 490. The van der Waals surface area contributed by atoms with E-state index in [9.17, 15) is 5.11 Å². The molecule has 17 heavy (non-hydrogen) atoms. The first-order valence-electron chi connectivity index (χ1n) is 5.95. The van der Waals surface area contributed by atoms with E-state index >= 15 is 0 Å². The van der Waals surface area contributed by atoms with Crippen molar-refractivity contribution < 1.29 is 5.11 Å². The van der Waals surface area contributed by atoms with Crippen LogP contribution in [0.3, 0.4) is 0 Å². The van der Waals surface area contributed by atoms with E-state index in [-0.39, 0.29) is 0 Å². The van der Waals surface area contributed by atoms with E-state index in [4.69, 9.17) is 0 Å². The number of benzene rings is 1. The normalized spacial score (nSPS) is 12.6. The quantitative estimate of drug-likeness (QED) is 0.876. The summed E-state index contributed by atoms with van der Waals surface area (Å²) in [5.74, 6) is 0.932. The fourth-order valence-corrected chi connectivity index (χ4v) is 1.99. The van der Waals surface area contributed by atoms with Crippen LogP contribution in [0.25, 0.3) is 0 Å². The van der Waals surface area contributed by atoms with Crippen molar-refractivity contribution >= 4 is 0 Å². The van der Waals surface area contributed by atoms with Crippen molar-refractivity contribution in [1.29, 1.82) is 0 Å². The molecule has 0 saturated heterocycles. The van der Waals surface area contributed by atoms with Crippen LogP contribution < -0.4 is 0 Å². The van der Waals surface area contributed by atoms with Crippen LogP contribution in [-0.4, -0.2) is 14.7 Å². The molecule has 3 nitrogen and oxygen atoms in total. The molecule has 0 aliphatic rings. The van der Waals surface area contributed by atoms with Crippen molar-refractivity contribution in [3.05, 3.63) is 53.6 Å². The van der Waals surface area contributed by atoms with E-state index in [0.717, 1.165) is 17.9 Å². The van der Waals surface area contributed by atoms with Gasteiger partial charge in [0.25, 0.3) is 0 Å². The van der Waals surface area contributed by atoms with Crippen LogP contribution in [0.2, 0.25) is 0 Å². The molecule has 1 aromatic carbocycles. The monoisotopic (exact) mass is 230 g/mol. The van der Waals surface area contributed by atoms with Crippen LogP contribution >= 0.6 is 0 Å². The molecule has 0 aliphatic carbocycles. The summed E-state index contributed by atoms with van der Waals surface area (Å²) in [7, 11) is 0. The topological polar surface area (TPSA) is 38.0 Å². The van der Waals surface area contributed by atoms with Crippen LogP contribution in [0.1, 0.15) is 30.0 Å². The second-order valence-corrected chi connectivity index (χ2v) is 4.26. The molecule has 1 heterocycles. The Morgan fingerprint density at radius 1 is 1.41 bits per heavy atom. The van der Waals surface area contributed by atoms with Gasteiger partial charge in [-0.1, -0.05) is 29.8 Å². The van der Waals surface area contributed by atoms with E-state index in [0.29, 0.717) is 6.42 Å². The lowest BCUT2D eigenvalue weighted by molar-refractivity contribution is 0.174. The molecule has 0 spiro atoms. The van der Waals surface area contributed by atoms with Gasteiger partial charge in [-0.15, -0.1) is 0 Å². The van der Waals surface area contributed by atoms with Crippen LogP contribution in [0.5, 0.6) is 0 Å². The zero-order valence-corrected chi connectivity index (χ0v) is 10.3. The Kier molecular flexibility index (Phi) is 3.59. The highest BCUT2D eigenvalue weighted by atomic mass is 16.3. The van der Waals surface area contributed by atoms with Crippen LogP contribution in [0.15, 0.2) is 36.7 Å². The van der Waals surface area contributed by atoms with Crippen molar-refractivity contribution in [1.82, 2.24) is 9.55 Å². The number of aliphatic hydroxyl groups excluding tert-OH is 1. The van der Waals surface area contributed by atoms with Gasteiger partial charge in [-0.2, -0.15) is 0 Å². The third-order valence-corrected chi connectivity index (χ3v) is 2.95. The van der Waals surface area contributed by atoms with E-state index in [2.05, 4.69) is 16.5 Å².